The predicted octanol–water partition coefficient (Wildman–Crippen LogP) is 2.66. The first-order valence-electron chi connectivity index (χ1n) is 9.56. The number of hydrogen-bond acceptors (Lipinski definition) is 4. The van der Waals surface area contributed by atoms with Gasteiger partial charge in [0.05, 0.1) is 6.42 Å². The van der Waals surface area contributed by atoms with Crippen molar-refractivity contribution in [2.75, 3.05) is 0 Å². The first-order chi connectivity index (χ1) is 12.5. The summed E-state index contributed by atoms with van der Waals surface area (Å²) in [5.74, 6) is 2.13. The van der Waals surface area contributed by atoms with Crippen LogP contribution in [0.1, 0.15) is 62.2 Å². The molecular formula is C20H26N4O2. The van der Waals surface area contributed by atoms with E-state index in [1.54, 1.807) is 31.5 Å². The summed E-state index contributed by atoms with van der Waals surface area (Å²) in [7, 11) is 0. The predicted molar refractivity (Wildman–Crippen MR) is 98.5 cm³/mol. The van der Waals surface area contributed by atoms with Crippen molar-refractivity contribution in [3.63, 3.8) is 0 Å². The number of nitrogens with zero attached hydrogens (tertiary/aromatic N) is 2. The molecule has 0 unspecified atom stereocenters. The summed E-state index contributed by atoms with van der Waals surface area (Å²) in [6.07, 6.45) is 10.8. The van der Waals surface area contributed by atoms with E-state index < -0.39 is 0 Å². The third kappa shape index (κ3) is 3.64. The van der Waals surface area contributed by atoms with Crippen LogP contribution in [-0.4, -0.2) is 28.0 Å². The topological polar surface area (TPSA) is 83.5 Å². The molecule has 26 heavy (non-hydrogen) atoms. The number of pyridine rings is 1. The Kier molecular flexibility index (Phi) is 4.51. The average Bonchev–Trinajstić information content (AvgIpc) is 2.58. The molecule has 2 amide bonds. The van der Waals surface area contributed by atoms with Gasteiger partial charge in [-0.05, 0) is 75.3 Å². The van der Waals surface area contributed by atoms with Crippen molar-refractivity contribution in [1.29, 1.82) is 0 Å². The minimum absolute atomic E-state index is 0.0198. The summed E-state index contributed by atoms with van der Waals surface area (Å²) in [6.45, 7) is 1.77. The maximum absolute atomic E-state index is 12.5. The van der Waals surface area contributed by atoms with Crippen LogP contribution in [0.25, 0.3) is 0 Å². The van der Waals surface area contributed by atoms with Gasteiger partial charge < -0.3 is 5.32 Å². The number of amides is 2. The van der Waals surface area contributed by atoms with Gasteiger partial charge >= 0.3 is 0 Å². The highest BCUT2D eigenvalue weighted by Crippen LogP contribution is 2.55. The molecule has 5 rings (SSSR count). The van der Waals surface area contributed by atoms with Crippen LogP contribution in [0.4, 0.5) is 0 Å². The number of carbonyl (C=O) groups is 2. The molecular weight excluding hydrogens is 328 g/mol. The number of nitrogens with one attached hydrogen (secondary N) is 2. The van der Waals surface area contributed by atoms with Crippen LogP contribution >= 0.6 is 0 Å². The highest BCUT2D eigenvalue weighted by atomic mass is 16.2. The van der Waals surface area contributed by atoms with Crippen molar-refractivity contribution < 1.29 is 9.59 Å². The Morgan fingerprint density at radius 3 is 2.27 bits per heavy atom. The van der Waals surface area contributed by atoms with E-state index in [0.717, 1.165) is 37.0 Å². The van der Waals surface area contributed by atoms with Crippen LogP contribution in [-0.2, 0) is 4.79 Å². The molecule has 0 saturated heterocycles. The molecule has 4 fully saturated rings. The van der Waals surface area contributed by atoms with Crippen molar-refractivity contribution in [3.8, 4) is 0 Å². The Balaban J connectivity index is 1.31. The molecule has 0 aliphatic heterocycles. The second kappa shape index (κ2) is 6.82. The van der Waals surface area contributed by atoms with E-state index in [1.165, 1.54) is 19.3 Å². The standard InChI is InChI=1S/C20H26N4O2/c1-13(23-24-19(26)17-2-4-21-5-3-17)6-18(25)22-20-10-14-7-15(11-20)9-16(8-14)12-20/h2-5,14-16H,6-12H2,1H3,(H,22,25)(H,24,26). The first-order valence-corrected chi connectivity index (χ1v) is 9.56. The van der Waals surface area contributed by atoms with E-state index in [4.69, 9.17) is 0 Å². The van der Waals surface area contributed by atoms with Crippen LogP contribution in [0.5, 0.6) is 0 Å². The van der Waals surface area contributed by atoms with Gasteiger partial charge in [-0.15, -0.1) is 0 Å². The van der Waals surface area contributed by atoms with Gasteiger partial charge in [0.15, 0.2) is 0 Å². The second-order valence-electron chi connectivity index (χ2n) is 8.45. The van der Waals surface area contributed by atoms with E-state index in [-0.39, 0.29) is 23.8 Å². The van der Waals surface area contributed by atoms with Crippen molar-refractivity contribution in [1.82, 2.24) is 15.7 Å². The van der Waals surface area contributed by atoms with Crippen LogP contribution in [0, 0.1) is 17.8 Å². The maximum atomic E-state index is 12.5. The van der Waals surface area contributed by atoms with Gasteiger partial charge in [-0.1, -0.05) is 0 Å². The fourth-order valence-corrected chi connectivity index (χ4v) is 5.59. The molecule has 0 aromatic carbocycles. The second-order valence-corrected chi connectivity index (χ2v) is 8.45. The molecule has 0 radical (unpaired) electrons. The van der Waals surface area contributed by atoms with E-state index in [0.29, 0.717) is 11.3 Å². The Morgan fingerprint density at radius 2 is 1.69 bits per heavy atom. The van der Waals surface area contributed by atoms with Crippen molar-refractivity contribution in [2.45, 2.75) is 57.4 Å². The molecule has 4 bridgehead atoms. The van der Waals surface area contributed by atoms with Gasteiger partial charge in [-0.25, -0.2) is 5.43 Å². The Labute approximate surface area is 153 Å². The largest absolute Gasteiger partial charge is 0.350 e. The first kappa shape index (κ1) is 17.2. The number of hydrazone groups is 1. The lowest BCUT2D eigenvalue weighted by Crippen LogP contribution is -2.60. The number of rotatable bonds is 5. The minimum atomic E-state index is -0.298. The minimum Gasteiger partial charge on any atom is -0.350 e. The number of hydrogen-bond donors (Lipinski definition) is 2. The molecule has 4 aliphatic carbocycles. The Bertz CT molecular complexity index is 693. The van der Waals surface area contributed by atoms with Gasteiger partial charge in [0.1, 0.15) is 0 Å². The molecule has 138 valence electrons. The van der Waals surface area contributed by atoms with Crippen LogP contribution in [0.3, 0.4) is 0 Å². The van der Waals surface area contributed by atoms with Crippen LogP contribution < -0.4 is 10.7 Å². The molecule has 6 heteroatoms. The van der Waals surface area contributed by atoms with Gasteiger partial charge in [-0.2, -0.15) is 5.10 Å². The molecule has 1 aromatic rings. The van der Waals surface area contributed by atoms with Gasteiger partial charge in [0, 0.05) is 29.2 Å². The molecule has 6 nitrogen and oxygen atoms in total. The van der Waals surface area contributed by atoms with E-state index in [1.807, 2.05) is 0 Å². The molecule has 4 aliphatic rings. The summed E-state index contributed by atoms with van der Waals surface area (Å²) < 4.78 is 0. The summed E-state index contributed by atoms with van der Waals surface area (Å²) in [5.41, 5.74) is 3.63. The van der Waals surface area contributed by atoms with E-state index >= 15 is 0 Å². The van der Waals surface area contributed by atoms with Gasteiger partial charge in [-0.3, -0.25) is 14.6 Å². The van der Waals surface area contributed by atoms with E-state index in [9.17, 15) is 9.59 Å². The third-order valence-corrected chi connectivity index (χ3v) is 6.15. The fourth-order valence-electron chi connectivity index (χ4n) is 5.59. The SMILES string of the molecule is CC(CC(=O)NC12CC3CC(CC(C3)C1)C2)=NNC(=O)c1ccncc1. The lowest BCUT2D eigenvalue weighted by molar-refractivity contribution is -0.125. The van der Waals surface area contributed by atoms with Crippen LogP contribution in [0.15, 0.2) is 29.6 Å². The highest BCUT2D eigenvalue weighted by molar-refractivity contribution is 6.01. The maximum Gasteiger partial charge on any atom is 0.271 e. The van der Waals surface area contributed by atoms with Crippen molar-refractivity contribution in [2.24, 2.45) is 22.9 Å². The molecule has 0 atom stereocenters. The third-order valence-electron chi connectivity index (χ3n) is 6.15. The van der Waals surface area contributed by atoms with Crippen molar-refractivity contribution >= 4 is 17.5 Å². The summed E-state index contributed by atoms with van der Waals surface area (Å²) in [4.78, 5) is 28.4. The highest BCUT2D eigenvalue weighted by Gasteiger charge is 2.51. The lowest BCUT2D eigenvalue weighted by Gasteiger charge is -2.56. The Morgan fingerprint density at radius 1 is 1.12 bits per heavy atom. The average molecular weight is 354 g/mol. The van der Waals surface area contributed by atoms with Crippen LogP contribution in [0.2, 0.25) is 0 Å². The van der Waals surface area contributed by atoms with Gasteiger partial charge in [0.2, 0.25) is 5.91 Å². The smallest absolute Gasteiger partial charge is 0.271 e. The summed E-state index contributed by atoms with van der Waals surface area (Å²) in [5, 5.41) is 7.40. The monoisotopic (exact) mass is 354 g/mol. The van der Waals surface area contributed by atoms with Gasteiger partial charge in [0.25, 0.3) is 5.91 Å². The lowest BCUT2D eigenvalue weighted by atomic mass is 9.53. The Hall–Kier alpha value is -2.24. The van der Waals surface area contributed by atoms with Crippen molar-refractivity contribution in [3.05, 3.63) is 30.1 Å². The molecule has 4 saturated carbocycles. The molecule has 1 aromatic heterocycles. The number of aromatic nitrogens is 1. The molecule has 1 heterocycles. The number of carbonyl (C=O) groups excluding carboxylic acids is 2. The normalized spacial score (nSPS) is 32.3. The molecule has 0 spiro atoms. The zero-order valence-corrected chi connectivity index (χ0v) is 15.2. The fraction of sp³-hybridized carbons (Fsp3) is 0.600. The molecule has 2 N–H and O–H groups in total. The zero-order chi connectivity index (χ0) is 18.1. The van der Waals surface area contributed by atoms with E-state index in [2.05, 4.69) is 20.8 Å². The summed E-state index contributed by atoms with van der Waals surface area (Å²) in [6, 6.07) is 3.25. The zero-order valence-electron chi connectivity index (χ0n) is 15.2. The summed E-state index contributed by atoms with van der Waals surface area (Å²) >= 11 is 0. The quantitative estimate of drug-likeness (QED) is 0.630.